The number of hydrogen-bond donors (Lipinski definition) is 1. The Balaban J connectivity index is 1.18. The fraction of sp³-hybridized carbons (Fsp3) is 0.250. The lowest BCUT2D eigenvalue weighted by molar-refractivity contribution is -0.140. The van der Waals surface area contributed by atoms with E-state index in [1.54, 1.807) is 23.2 Å². The molecule has 7 heteroatoms. The molecule has 4 aromatic rings. The molecule has 5 rings (SSSR count). The zero-order valence-electron chi connectivity index (χ0n) is 19.6. The van der Waals surface area contributed by atoms with Gasteiger partial charge in [-0.2, -0.15) is 0 Å². The van der Waals surface area contributed by atoms with Crippen LogP contribution in [-0.2, 0) is 11.2 Å². The number of furan rings is 1. The Morgan fingerprint density at radius 3 is 2.37 bits per heavy atom. The van der Waals surface area contributed by atoms with E-state index in [1.807, 2.05) is 61.5 Å². The second-order valence-corrected chi connectivity index (χ2v) is 8.80. The first-order chi connectivity index (χ1) is 17.0. The molecule has 35 heavy (non-hydrogen) atoms. The first kappa shape index (κ1) is 22.8. The van der Waals surface area contributed by atoms with Gasteiger partial charge in [0.05, 0.1) is 0 Å². The number of amides is 1. The van der Waals surface area contributed by atoms with Crippen LogP contribution in [0.3, 0.4) is 0 Å². The van der Waals surface area contributed by atoms with E-state index in [4.69, 9.17) is 4.42 Å². The van der Waals surface area contributed by atoms with Gasteiger partial charge in [-0.3, -0.25) is 9.59 Å². The van der Waals surface area contributed by atoms with Crippen molar-refractivity contribution in [1.29, 1.82) is 0 Å². The summed E-state index contributed by atoms with van der Waals surface area (Å²) in [7, 11) is 0. The average molecular weight is 470 g/mol. The van der Waals surface area contributed by atoms with Crippen molar-refractivity contribution in [2.24, 2.45) is 0 Å². The van der Waals surface area contributed by atoms with Crippen LogP contribution in [0.2, 0.25) is 0 Å². The predicted octanol–water partition coefficient (Wildman–Crippen LogP) is 3.94. The molecular weight excluding hydrogens is 442 g/mol. The molecule has 0 unspecified atom stereocenters. The van der Waals surface area contributed by atoms with Crippen LogP contribution in [0.1, 0.15) is 33.3 Å². The van der Waals surface area contributed by atoms with Crippen molar-refractivity contribution >= 4 is 28.5 Å². The number of aromatic nitrogens is 1. The largest absolute Gasteiger partial charge is 0.453 e. The summed E-state index contributed by atoms with van der Waals surface area (Å²) in [5, 5.41) is 11.4. The molecule has 1 N–H and O–H groups in total. The van der Waals surface area contributed by atoms with Gasteiger partial charge in [0, 0.05) is 49.7 Å². The standard InChI is InChI=1S/C28H27N3O4/c1-19-22-9-5-6-10-24(22)35-27(19)23(32)17-20-11-12-25(29-18-20)30-13-15-31(16-14-30)28(34)26(33)21-7-3-2-4-8-21/h2-12,18,26,33H,13-17H2,1H3/t26-/m1/s1. The van der Waals surface area contributed by atoms with Crippen LogP contribution < -0.4 is 4.90 Å². The number of carbonyl (C=O) groups is 2. The summed E-state index contributed by atoms with van der Waals surface area (Å²) in [6.45, 7) is 4.17. The third kappa shape index (κ3) is 4.68. The minimum atomic E-state index is -1.15. The molecule has 0 saturated carbocycles. The summed E-state index contributed by atoms with van der Waals surface area (Å²) in [4.78, 5) is 33.9. The number of pyridine rings is 1. The van der Waals surface area contributed by atoms with Gasteiger partial charge in [0.2, 0.25) is 5.78 Å². The topological polar surface area (TPSA) is 86.9 Å². The second kappa shape index (κ2) is 9.72. The Bertz CT molecular complexity index is 1340. The molecule has 2 aromatic heterocycles. The molecule has 3 heterocycles. The Morgan fingerprint density at radius 2 is 1.69 bits per heavy atom. The molecule has 0 bridgehead atoms. The van der Waals surface area contributed by atoms with E-state index in [9.17, 15) is 14.7 Å². The summed E-state index contributed by atoms with van der Waals surface area (Å²) in [5.74, 6) is 0.849. The third-order valence-corrected chi connectivity index (χ3v) is 6.54. The number of fused-ring (bicyclic) bond motifs is 1. The van der Waals surface area contributed by atoms with E-state index in [1.165, 1.54) is 0 Å². The fourth-order valence-electron chi connectivity index (χ4n) is 4.52. The smallest absolute Gasteiger partial charge is 0.256 e. The number of ketones is 1. The van der Waals surface area contributed by atoms with E-state index >= 15 is 0 Å². The number of nitrogens with zero attached hydrogens (tertiary/aromatic N) is 3. The molecular formula is C28H27N3O4. The second-order valence-electron chi connectivity index (χ2n) is 8.80. The van der Waals surface area contributed by atoms with E-state index in [0.29, 0.717) is 37.5 Å². The predicted molar refractivity (Wildman–Crippen MR) is 133 cm³/mol. The van der Waals surface area contributed by atoms with Gasteiger partial charge in [-0.25, -0.2) is 4.98 Å². The van der Waals surface area contributed by atoms with Crippen LogP contribution in [0.4, 0.5) is 5.82 Å². The van der Waals surface area contributed by atoms with Crippen molar-refractivity contribution < 1.29 is 19.1 Å². The lowest BCUT2D eigenvalue weighted by Gasteiger charge is -2.36. The van der Waals surface area contributed by atoms with Gasteiger partial charge in [0.15, 0.2) is 11.9 Å². The monoisotopic (exact) mass is 469 g/mol. The number of aryl methyl sites for hydroxylation is 1. The molecule has 1 atom stereocenters. The van der Waals surface area contributed by atoms with Crippen molar-refractivity contribution in [2.45, 2.75) is 19.4 Å². The quantitative estimate of drug-likeness (QED) is 0.431. The number of anilines is 1. The van der Waals surface area contributed by atoms with Gasteiger partial charge in [0.25, 0.3) is 5.91 Å². The fourth-order valence-corrected chi connectivity index (χ4v) is 4.52. The molecule has 1 aliphatic heterocycles. The van der Waals surface area contributed by atoms with E-state index in [0.717, 1.165) is 27.9 Å². The van der Waals surface area contributed by atoms with Crippen molar-refractivity contribution in [3.05, 3.63) is 95.4 Å². The molecule has 1 fully saturated rings. The number of Topliss-reactive ketones (excluding diaryl/α,β-unsaturated/α-hetero) is 1. The van der Waals surface area contributed by atoms with Crippen LogP contribution in [0.5, 0.6) is 0 Å². The number of piperazine rings is 1. The number of hydrogen-bond acceptors (Lipinski definition) is 6. The van der Waals surface area contributed by atoms with Crippen molar-refractivity contribution in [1.82, 2.24) is 9.88 Å². The molecule has 1 saturated heterocycles. The Kier molecular flexibility index (Phi) is 6.33. The van der Waals surface area contributed by atoms with Crippen LogP contribution in [0.25, 0.3) is 11.0 Å². The highest BCUT2D eigenvalue weighted by atomic mass is 16.3. The molecule has 178 valence electrons. The Labute approximate surface area is 203 Å². The van der Waals surface area contributed by atoms with Crippen LogP contribution in [0, 0.1) is 6.92 Å². The lowest BCUT2D eigenvalue weighted by atomic mass is 10.1. The zero-order chi connectivity index (χ0) is 24.4. The van der Waals surface area contributed by atoms with E-state index in [-0.39, 0.29) is 18.1 Å². The maximum atomic E-state index is 12.9. The van der Waals surface area contributed by atoms with E-state index < -0.39 is 6.10 Å². The first-order valence-corrected chi connectivity index (χ1v) is 11.7. The summed E-state index contributed by atoms with van der Waals surface area (Å²) >= 11 is 0. The van der Waals surface area contributed by atoms with Gasteiger partial charge in [-0.15, -0.1) is 0 Å². The highest BCUT2D eigenvalue weighted by molar-refractivity contribution is 6.01. The number of aliphatic hydroxyl groups is 1. The molecule has 0 radical (unpaired) electrons. The summed E-state index contributed by atoms with van der Waals surface area (Å²) in [5.41, 5.74) is 3.00. The summed E-state index contributed by atoms with van der Waals surface area (Å²) < 4.78 is 5.80. The van der Waals surface area contributed by atoms with Gasteiger partial charge < -0.3 is 19.3 Å². The summed E-state index contributed by atoms with van der Waals surface area (Å²) in [6, 6.07) is 20.4. The maximum absolute atomic E-state index is 12.9. The van der Waals surface area contributed by atoms with Crippen LogP contribution >= 0.6 is 0 Å². The highest BCUT2D eigenvalue weighted by Gasteiger charge is 2.27. The van der Waals surface area contributed by atoms with Crippen LogP contribution in [0.15, 0.2) is 77.3 Å². The van der Waals surface area contributed by atoms with Gasteiger partial charge in [0.1, 0.15) is 11.4 Å². The third-order valence-electron chi connectivity index (χ3n) is 6.54. The van der Waals surface area contributed by atoms with Gasteiger partial charge in [-0.1, -0.05) is 54.6 Å². The SMILES string of the molecule is Cc1c(C(=O)Cc2ccc(N3CCN(C(=O)[C@H](O)c4ccccc4)CC3)nc2)oc2ccccc12. The van der Waals surface area contributed by atoms with Gasteiger partial charge in [-0.05, 0) is 30.2 Å². The molecule has 2 aromatic carbocycles. The van der Waals surface area contributed by atoms with Crippen molar-refractivity contribution in [3.63, 3.8) is 0 Å². The minimum absolute atomic E-state index is 0.0719. The molecule has 7 nitrogen and oxygen atoms in total. The number of benzene rings is 2. The normalized spacial score (nSPS) is 14.8. The number of carbonyl (C=O) groups excluding carboxylic acids is 2. The van der Waals surface area contributed by atoms with Crippen molar-refractivity contribution in [2.75, 3.05) is 31.1 Å². The first-order valence-electron chi connectivity index (χ1n) is 11.7. The van der Waals surface area contributed by atoms with Crippen LogP contribution in [-0.4, -0.2) is 52.9 Å². The Morgan fingerprint density at radius 1 is 0.971 bits per heavy atom. The Hall–Kier alpha value is -3.97. The number of para-hydroxylation sites is 1. The molecule has 0 spiro atoms. The van der Waals surface area contributed by atoms with Crippen molar-refractivity contribution in [3.8, 4) is 0 Å². The lowest BCUT2D eigenvalue weighted by Crippen LogP contribution is -2.50. The molecule has 1 amide bonds. The summed E-state index contributed by atoms with van der Waals surface area (Å²) in [6.07, 6.45) is 0.795. The highest BCUT2D eigenvalue weighted by Crippen LogP contribution is 2.26. The maximum Gasteiger partial charge on any atom is 0.256 e. The minimum Gasteiger partial charge on any atom is -0.453 e. The average Bonchev–Trinajstić information content (AvgIpc) is 3.25. The number of rotatable bonds is 6. The van der Waals surface area contributed by atoms with Gasteiger partial charge >= 0.3 is 0 Å². The number of aliphatic hydroxyl groups excluding tert-OH is 1. The zero-order valence-corrected chi connectivity index (χ0v) is 19.6. The molecule has 1 aliphatic rings. The molecule has 0 aliphatic carbocycles. The van der Waals surface area contributed by atoms with E-state index in [2.05, 4.69) is 9.88 Å².